The first-order valence-electron chi connectivity index (χ1n) is 14.9. The van der Waals surface area contributed by atoms with Gasteiger partial charge < -0.3 is 20.3 Å². The van der Waals surface area contributed by atoms with Gasteiger partial charge in [0, 0.05) is 11.7 Å². The van der Waals surface area contributed by atoms with Crippen LogP contribution in [0.3, 0.4) is 0 Å². The zero-order valence-electron chi connectivity index (χ0n) is 26.6. The van der Waals surface area contributed by atoms with E-state index in [0.29, 0.717) is 18.0 Å². The zero-order chi connectivity index (χ0) is 31.2. The lowest BCUT2D eigenvalue weighted by atomic mass is 9.93. The molecule has 0 bridgehead atoms. The maximum absolute atomic E-state index is 14.3. The summed E-state index contributed by atoms with van der Waals surface area (Å²) < 4.78 is 5.42. The van der Waals surface area contributed by atoms with E-state index in [4.69, 9.17) is 4.74 Å². The predicted octanol–water partition coefficient (Wildman–Crippen LogP) is 7.70. The third-order valence-electron chi connectivity index (χ3n) is 7.48. The number of carbonyl (C=O) groups excluding carboxylic acids is 3. The van der Waals surface area contributed by atoms with E-state index >= 15 is 0 Å². The number of anilines is 1. The topological polar surface area (TPSA) is 87.7 Å². The Labute approximate surface area is 251 Å². The minimum absolute atomic E-state index is 0.282. The van der Waals surface area contributed by atoms with Gasteiger partial charge in [0.2, 0.25) is 5.91 Å². The zero-order valence-corrected chi connectivity index (χ0v) is 26.6. The molecule has 0 aliphatic carbocycles. The number of hydrogen-bond acceptors (Lipinski definition) is 4. The highest BCUT2D eigenvalue weighted by atomic mass is 16.6. The Hall–Kier alpha value is -3.87. The normalized spacial score (nSPS) is 13.8. The summed E-state index contributed by atoms with van der Waals surface area (Å²) >= 11 is 0. The number of amides is 3. The van der Waals surface area contributed by atoms with E-state index in [-0.39, 0.29) is 17.9 Å². The molecule has 0 radical (unpaired) electrons. The van der Waals surface area contributed by atoms with Crippen molar-refractivity contribution >= 4 is 34.4 Å². The third-order valence-corrected chi connectivity index (χ3v) is 7.48. The van der Waals surface area contributed by atoms with Crippen LogP contribution < -0.4 is 10.6 Å². The molecule has 3 amide bonds. The van der Waals surface area contributed by atoms with Gasteiger partial charge in [0.1, 0.15) is 17.7 Å². The van der Waals surface area contributed by atoms with Crippen LogP contribution in [0.15, 0.2) is 60.7 Å². The van der Waals surface area contributed by atoms with Crippen LogP contribution in [0.2, 0.25) is 0 Å². The third kappa shape index (κ3) is 8.57. The SMILES string of the molecule is Cc1cccc(C(C(=O)Nc2ccc3ccccc3c2)N(C(=O)C(C)NC(=O)OC(C)(C)C)C(C)CCC(C)C)c1C. The van der Waals surface area contributed by atoms with Crippen molar-refractivity contribution in [2.75, 3.05) is 5.32 Å². The van der Waals surface area contributed by atoms with Crippen LogP contribution in [0.5, 0.6) is 0 Å². The van der Waals surface area contributed by atoms with E-state index in [1.165, 1.54) is 0 Å². The molecule has 0 saturated heterocycles. The predicted molar refractivity (Wildman–Crippen MR) is 170 cm³/mol. The summed E-state index contributed by atoms with van der Waals surface area (Å²) in [6.45, 7) is 17.2. The number of fused-ring (bicyclic) bond motifs is 1. The lowest BCUT2D eigenvalue weighted by molar-refractivity contribution is -0.143. The van der Waals surface area contributed by atoms with Gasteiger partial charge in [-0.25, -0.2) is 4.79 Å². The van der Waals surface area contributed by atoms with Crippen LogP contribution in [0.25, 0.3) is 10.8 Å². The smallest absolute Gasteiger partial charge is 0.408 e. The number of carbonyl (C=O) groups is 3. The summed E-state index contributed by atoms with van der Waals surface area (Å²) in [4.78, 5) is 42.8. The molecule has 0 saturated carbocycles. The van der Waals surface area contributed by atoms with Crippen molar-refractivity contribution in [2.24, 2.45) is 5.92 Å². The Balaban J connectivity index is 2.07. The van der Waals surface area contributed by atoms with E-state index in [2.05, 4.69) is 24.5 Å². The van der Waals surface area contributed by atoms with Crippen LogP contribution in [-0.4, -0.2) is 40.5 Å². The minimum atomic E-state index is -0.922. The van der Waals surface area contributed by atoms with E-state index in [9.17, 15) is 14.4 Å². The quantitative estimate of drug-likeness (QED) is 0.260. The highest BCUT2D eigenvalue weighted by Crippen LogP contribution is 2.32. The maximum atomic E-state index is 14.3. The first-order valence-corrected chi connectivity index (χ1v) is 14.9. The lowest BCUT2D eigenvalue weighted by Crippen LogP contribution is -2.54. The number of nitrogens with zero attached hydrogens (tertiary/aromatic N) is 1. The number of ether oxygens (including phenoxy) is 1. The molecule has 3 aromatic carbocycles. The molecule has 3 atom stereocenters. The molecule has 226 valence electrons. The van der Waals surface area contributed by atoms with Crippen LogP contribution in [-0.2, 0) is 14.3 Å². The molecular weight excluding hydrogens is 526 g/mol. The average molecular weight is 574 g/mol. The molecule has 0 spiro atoms. The fraction of sp³-hybridized carbons (Fsp3) is 0.457. The van der Waals surface area contributed by atoms with Crippen LogP contribution in [0, 0.1) is 19.8 Å². The van der Waals surface area contributed by atoms with E-state index < -0.39 is 23.8 Å². The summed E-state index contributed by atoms with van der Waals surface area (Å²) in [7, 11) is 0. The van der Waals surface area contributed by atoms with Crippen molar-refractivity contribution < 1.29 is 19.1 Å². The van der Waals surface area contributed by atoms with Gasteiger partial charge in [-0.05, 0) is 107 Å². The van der Waals surface area contributed by atoms with Crippen molar-refractivity contribution in [3.8, 4) is 0 Å². The highest BCUT2D eigenvalue weighted by Gasteiger charge is 2.38. The average Bonchev–Trinajstić information content (AvgIpc) is 2.90. The van der Waals surface area contributed by atoms with Gasteiger partial charge in [0.15, 0.2) is 0 Å². The van der Waals surface area contributed by atoms with Crippen LogP contribution in [0.1, 0.15) is 84.0 Å². The van der Waals surface area contributed by atoms with E-state index in [1.807, 2.05) is 81.4 Å². The van der Waals surface area contributed by atoms with Gasteiger partial charge in [0.05, 0.1) is 0 Å². The van der Waals surface area contributed by atoms with Gasteiger partial charge in [-0.3, -0.25) is 9.59 Å². The van der Waals surface area contributed by atoms with Crippen molar-refractivity contribution in [3.63, 3.8) is 0 Å². The Morgan fingerprint density at radius 3 is 2.17 bits per heavy atom. The Bertz CT molecular complexity index is 1410. The molecule has 0 aliphatic rings. The van der Waals surface area contributed by atoms with Crippen LogP contribution >= 0.6 is 0 Å². The maximum Gasteiger partial charge on any atom is 0.408 e. The summed E-state index contributed by atoms with van der Waals surface area (Å²) in [6.07, 6.45) is 0.902. The largest absolute Gasteiger partial charge is 0.444 e. The number of benzene rings is 3. The molecule has 0 fully saturated rings. The second-order valence-electron chi connectivity index (χ2n) is 12.7. The summed E-state index contributed by atoms with van der Waals surface area (Å²) in [5.41, 5.74) is 2.66. The molecular formula is C35H47N3O4. The minimum Gasteiger partial charge on any atom is -0.444 e. The second kappa shape index (κ2) is 13.9. The molecule has 3 unspecified atom stereocenters. The number of hydrogen-bond donors (Lipinski definition) is 2. The number of rotatable bonds is 10. The molecule has 7 heteroatoms. The summed E-state index contributed by atoms with van der Waals surface area (Å²) in [5, 5.41) is 7.87. The van der Waals surface area contributed by atoms with Crippen molar-refractivity contribution in [1.82, 2.24) is 10.2 Å². The molecule has 2 N–H and O–H groups in total. The van der Waals surface area contributed by atoms with E-state index in [1.54, 1.807) is 32.6 Å². The summed E-state index contributed by atoms with van der Waals surface area (Å²) in [6, 6.07) is 17.5. The molecule has 0 heterocycles. The van der Waals surface area contributed by atoms with Crippen molar-refractivity contribution in [1.29, 1.82) is 0 Å². The van der Waals surface area contributed by atoms with Crippen molar-refractivity contribution in [3.05, 3.63) is 77.4 Å². The van der Waals surface area contributed by atoms with Gasteiger partial charge in [-0.15, -0.1) is 0 Å². The molecule has 0 aliphatic heterocycles. The Kier molecular flexibility index (Phi) is 10.8. The first kappa shape index (κ1) is 32.6. The van der Waals surface area contributed by atoms with Gasteiger partial charge >= 0.3 is 6.09 Å². The lowest BCUT2D eigenvalue weighted by Gasteiger charge is -2.39. The molecule has 3 aromatic rings. The molecule has 3 rings (SSSR count). The fourth-order valence-corrected chi connectivity index (χ4v) is 5.05. The monoisotopic (exact) mass is 573 g/mol. The Morgan fingerprint density at radius 2 is 1.52 bits per heavy atom. The standard InChI is InChI=1S/C35H47N3O4/c1-22(2)17-18-24(4)38(33(40)26(6)36-34(41)42-35(7,8)9)31(30-16-12-13-23(3)25(30)5)32(39)37-29-20-19-27-14-10-11-15-28(27)21-29/h10-16,19-22,24,26,31H,17-18H2,1-9H3,(H,36,41)(H,37,39). The number of aryl methyl sites for hydroxylation is 1. The molecule has 7 nitrogen and oxygen atoms in total. The van der Waals surface area contributed by atoms with Crippen molar-refractivity contribution in [2.45, 2.75) is 98.9 Å². The molecule has 0 aromatic heterocycles. The molecule has 42 heavy (non-hydrogen) atoms. The van der Waals surface area contributed by atoms with E-state index in [0.717, 1.165) is 33.9 Å². The number of alkyl carbamates (subject to hydrolysis) is 1. The van der Waals surface area contributed by atoms with Gasteiger partial charge in [0.25, 0.3) is 5.91 Å². The fourth-order valence-electron chi connectivity index (χ4n) is 5.05. The highest BCUT2D eigenvalue weighted by molar-refractivity contribution is 6.00. The summed E-state index contributed by atoms with van der Waals surface area (Å²) in [5.74, 6) is -0.239. The van der Waals surface area contributed by atoms with Gasteiger partial charge in [-0.2, -0.15) is 0 Å². The number of nitrogens with one attached hydrogen (secondary N) is 2. The van der Waals surface area contributed by atoms with Gasteiger partial charge in [-0.1, -0.05) is 62.4 Å². The first-order chi connectivity index (χ1) is 19.7. The van der Waals surface area contributed by atoms with Crippen LogP contribution in [0.4, 0.5) is 10.5 Å². The second-order valence-corrected chi connectivity index (χ2v) is 12.7. The Morgan fingerprint density at radius 1 is 0.857 bits per heavy atom.